The molecule has 164 valence electrons. The average molecular weight is 457 g/mol. The number of amides is 1. The number of hydrogen-bond acceptors (Lipinski definition) is 6. The Kier molecular flexibility index (Phi) is 5.71. The molecule has 0 atom stereocenters. The fourth-order valence-corrected chi connectivity index (χ4v) is 3.65. The van der Waals surface area contributed by atoms with Gasteiger partial charge in [0.25, 0.3) is 5.91 Å². The third-order valence-electron chi connectivity index (χ3n) is 5.49. The highest BCUT2D eigenvalue weighted by atomic mass is 35.5. The molecule has 8 heteroatoms. The van der Waals surface area contributed by atoms with E-state index in [2.05, 4.69) is 26.3 Å². The van der Waals surface area contributed by atoms with Crippen molar-refractivity contribution >= 4 is 39.9 Å². The molecule has 0 aliphatic rings. The highest BCUT2D eigenvalue weighted by Gasteiger charge is 2.21. The summed E-state index contributed by atoms with van der Waals surface area (Å²) in [6.07, 6.45) is 4.89. The summed E-state index contributed by atoms with van der Waals surface area (Å²) in [6.45, 7) is 5.57. The van der Waals surface area contributed by atoms with Crippen LogP contribution in [0.1, 0.15) is 35.5 Å². The van der Waals surface area contributed by atoms with Gasteiger partial charge in [0.05, 0.1) is 17.0 Å². The van der Waals surface area contributed by atoms with Crippen LogP contribution in [0.4, 0.5) is 11.5 Å². The van der Waals surface area contributed by atoms with E-state index >= 15 is 0 Å². The third kappa shape index (κ3) is 4.34. The van der Waals surface area contributed by atoms with Gasteiger partial charge in [-0.1, -0.05) is 17.7 Å². The Morgan fingerprint density at radius 1 is 1.12 bits per heavy atom. The molecule has 33 heavy (non-hydrogen) atoms. The minimum Gasteiger partial charge on any atom is -0.382 e. The number of hydrogen-bond donors (Lipinski definition) is 2. The second kappa shape index (κ2) is 8.49. The van der Waals surface area contributed by atoms with E-state index in [1.54, 1.807) is 38.4 Å². The van der Waals surface area contributed by atoms with E-state index in [1.165, 1.54) is 6.20 Å². The first-order chi connectivity index (χ1) is 15.7. The largest absolute Gasteiger partial charge is 0.382 e. The number of rotatable bonds is 4. The summed E-state index contributed by atoms with van der Waals surface area (Å²) in [5.74, 6) is -0.121. The van der Waals surface area contributed by atoms with E-state index in [1.807, 2.05) is 31.2 Å². The van der Waals surface area contributed by atoms with E-state index in [0.29, 0.717) is 16.2 Å². The van der Waals surface area contributed by atoms with Crippen LogP contribution in [0.2, 0.25) is 5.02 Å². The van der Waals surface area contributed by atoms with Crippen LogP contribution in [-0.4, -0.2) is 20.9 Å². The summed E-state index contributed by atoms with van der Waals surface area (Å²) in [5.41, 5.74) is 9.99. The summed E-state index contributed by atoms with van der Waals surface area (Å²) >= 11 is 6.22. The number of nitrogens with two attached hydrogens (primary N) is 1. The molecule has 0 bridgehead atoms. The van der Waals surface area contributed by atoms with Crippen LogP contribution in [-0.2, 0) is 5.41 Å². The molecule has 1 aromatic carbocycles. The minimum absolute atomic E-state index is 0.237. The number of fused-ring (bicyclic) bond motifs is 1. The molecule has 0 spiro atoms. The van der Waals surface area contributed by atoms with Crippen LogP contribution in [0, 0.1) is 18.3 Å². The van der Waals surface area contributed by atoms with Crippen LogP contribution < -0.4 is 11.1 Å². The number of halogens is 1. The van der Waals surface area contributed by atoms with Crippen LogP contribution in [0.25, 0.3) is 22.0 Å². The molecule has 0 radical (unpaired) electrons. The van der Waals surface area contributed by atoms with Crippen LogP contribution in [0.3, 0.4) is 0 Å². The lowest BCUT2D eigenvalue weighted by Gasteiger charge is -2.16. The lowest BCUT2D eigenvalue weighted by Crippen LogP contribution is -2.18. The Hall–Kier alpha value is -4.02. The molecule has 0 saturated carbocycles. The van der Waals surface area contributed by atoms with Gasteiger partial charge in [-0.3, -0.25) is 14.8 Å². The van der Waals surface area contributed by atoms with E-state index in [-0.39, 0.29) is 17.4 Å². The maximum Gasteiger partial charge on any atom is 0.274 e. The van der Waals surface area contributed by atoms with Crippen molar-refractivity contribution in [3.8, 4) is 17.2 Å². The number of nitrogens with one attached hydrogen (secondary N) is 1. The van der Waals surface area contributed by atoms with Gasteiger partial charge in [-0.25, -0.2) is 4.98 Å². The zero-order valence-corrected chi connectivity index (χ0v) is 19.1. The predicted octanol–water partition coefficient (Wildman–Crippen LogP) is 5.29. The number of nitrogens with zero attached hydrogens (tertiary/aromatic N) is 4. The fraction of sp³-hybridized carbons (Fsp3) is 0.160. The second-order valence-electron chi connectivity index (χ2n) is 8.27. The van der Waals surface area contributed by atoms with E-state index in [9.17, 15) is 10.1 Å². The Morgan fingerprint density at radius 2 is 1.91 bits per heavy atom. The van der Waals surface area contributed by atoms with Crippen molar-refractivity contribution in [1.82, 2.24) is 15.0 Å². The number of benzene rings is 1. The fourth-order valence-electron chi connectivity index (χ4n) is 3.44. The molecule has 4 rings (SSSR count). The zero-order valence-electron chi connectivity index (χ0n) is 18.3. The van der Waals surface area contributed by atoms with Gasteiger partial charge in [0.15, 0.2) is 0 Å². The summed E-state index contributed by atoms with van der Waals surface area (Å²) in [5, 5.41) is 13.4. The summed E-state index contributed by atoms with van der Waals surface area (Å²) in [4.78, 5) is 25.6. The monoisotopic (exact) mass is 456 g/mol. The van der Waals surface area contributed by atoms with Crippen LogP contribution in [0.5, 0.6) is 0 Å². The number of nitrogen functional groups attached to an aromatic ring is 1. The van der Waals surface area contributed by atoms with Crippen LogP contribution >= 0.6 is 11.6 Å². The third-order valence-corrected chi connectivity index (χ3v) is 5.87. The van der Waals surface area contributed by atoms with Gasteiger partial charge in [-0.15, -0.1) is 0 Å². The smallest absolute Gasteiger partial charge is 0.274 e. The normalized spacial score (nSPS) is 11.2. The first-order valence-electron chi connectivity index (χ1n) is 10.2. The number of aromatic nitrogens is 3. The Morgan fingerprint density at radius 3 is 2.67 bits per heavy atom. The first kappa shape index (κ1) is 22.2. The number of anilines is 2. The standard InChI is InChI=1S/C25H21ClN6O/c1-14-4-5-18(32-24(33)20-9-17(6-7-29-20)25(2,3)13-27)10-19(14)15-8-16-12-31-23(28)21(26)22(16)30-11-15/h4-12H,1-3H3,(H2,28,31)(H,32,33). The quantitative estimate of drug-likeness (QED) is 0.430. The van der Waals surface area contributed by atoms with Gasteiger partial charge in [-0.2, -0.15) is 5.26 Å². The average Bonchev–Trinajstić information content (AvgIpc) is 2.82. The molecule has 7 nitrogen and oxygen atoms in total. The number of nitriles is 1. The van der Waals surface area contributed by atoms with E-state index in [4.69, 9.17) is 17.3 Å². The SMILES string of the molecule is Cc1ccc(NC(=O)c2cc(C(C)(C)C#N)ccn2)cc1-c1cnc2c(Cl)c(N)ncc2c1. The van der Waals surface area contributed by atoms with E-state index in [0.717, 1.165) is 27.6 Å². The predicted molar refractivity (Wildman–Crippen MR) is 130 cm³/mol. The summed E-state index contributed by atoms with van der Waals surface area (Å²) < 4.78 is 0. The van der Waals surface area contributed by atoms with Crippen LogP contribution in [0.15, 0.2) is 55.0 Å². The van der Waals surface area contributed by atoms with Gasteiger partial charge >= 0.3 is 0 Å². The molecule has 0 saturated heterocycles. The second-order valence-corrected chi connectivity index (χ2v) is 8.65. The highest BCUT2D eigenvalue weighted by molar-refractivity contribution is 6.37. The number of pyridine rings is 3. The van der Waals surface area contributed by atoms with Gasteiger partial charge in [0.1, 0.15) is 16.5 Å². The first-order valence-corrected chi connectivity index (χ1v) is 10.6. The number of carbonyl (C=O) groups is 1. The van der Waals surface area contributed by atoms with E-state index < -0.39 is 5.41 Å². The maximum atomic E-state index is 12.9. The Balaban J connectivity index is 1.65. The highest BCUT2D eigenvalue weighted by Crippen LogP contribution is 2.31. The zero-order chi connectivity index (χ0) is 23.8. The summed E-state index contributed by atoms with van der Waals surface area (Å²) in [6, 6.07) is 13.2. The van der Waals surface area contributed by atoms with Gasteiger partial charge < -0.3 is 11.1 Å². The van der Waals surface area contributed by atoms with Crippen molar-refractivity contribution in [2.45, 2.75) is 26.2 Å². The van der Waals surface area contributed by atoms with Crippen molar-refractivity contribution < 1.29 is 4.79 Å². The molecule has 3 aromatic heterocycles. The molecular formula is C25H21ClN6O. The van der Waals surface area contributed by atoms with Gasteiger partial charge in [-0.05, 0) is 67.8 Å². The minimum atomic E-state index is -0.722. The molecule has 0 aliphatic carbocycles. The van der Waals surface area contributed by atoms with Crippen molar-refractivity contribution in [1.29, 1.82) is 5.26 Å². The molecule has 1 amide bonds. The molecule has 0 fully saturated rings. The lowest BCUT2D eigenvalue weighted by atomic mass is 9.86. The van der Waals surface area contributed by atoms with Crippen molar-refractivity contribution in [3.63, 3.8) is 0 Å². The Bertz CT molecular complexity index is 1440. The molecular weight excluding hydrogens is 436 g/mol. The summed E-state index contributed by atoms with van der Waals surface area (Å²) in [7, 11) is 0. The van der Waals surface area contributed by atoms with Gasteiger partial charge in [0.2, 0.25) is 0 Å². The van der Waals surface area contributed by atoms with Crippen molar-refractivity contribution in [2.75, 3.05) is 11.1 Å². The topological polar surface area (TPSA) is 118 Å². The van der Waals surface area contributed by atoms with Crippen molar-refractivity contribution in [2.24, 2.45) is 0 Å². The Labute approximate surface area is 196 Å². The molecule has 3 heterocycles. The number of aryl methyl sites for hydroxylation is 1. The molecule has 4 aromatic rings. The number of carbonyl (C=O) groups excluding carboxylic acids is 1. The molecule has 3 N–H and O–H groups in total. The molecule has 0 unspecified atom stereocenters. The van der Waals surface area contributed by atoms with Crippen molar-refractivity contribution in [3.05, 3.63) is 76.8 Å². The molecule has 0 aliphatic heterocycles. The van der Waals surface area contributed by atoms with Gasteiger partial charge in [0, 0.05) is 35.2 Å². The maximum absolute atomic E-state index is 12.9. The lowest BCUT2D eigenvalue weighted by molar-refractivity contribution is 0.102.